The van der Waals surface area contributed by atoms with Crippen molar-refractivity contribution in [1.82, 2.24) is 0 Å². The third-order valence-electron chi connectivity index (χ3n) is 4.51. The summed E-state index contributed by atoms with van der Waals surface area (Å²) in [4.78, 5) is 2.28. The van der Waals surface area contributed by atoms with E-state index in [9.17, 15) is 5.26 Å². The summed E-state index contributed by atoms with van der Waals surface area (Å²) in [5.41, 5.74) is 10.1. The molecule has 4 rings (SSSR count). The second-order valence-electron chi connectivity index (χ2n) is 5.98. The van der Waals surface area contributed by atoms with Gasteiger partial charge in [-0.15, -0.1) is 12.4 Å². The first-order valence-electron chi connectivity index (χ1n) is 8.27. The number of nitriles is 1. The van der Waals surface area contributed by atoms with Crippen molar-refractivity contribution < 1.29 is 9.47 Å². The number of nitrogens with two attached hydrogens (primary N) is 1. The van der Waals surface area contributed by atoms with E-state index >= 15 is 0 Å². The molecule has 1 fully saturated rings. The molecule has 0 saturated carbocycles. The van der Waals surface area contributed by atoms with Gasteiger partial charge in [0.2, 0.25) is 0 Å². The summed E-state index contributed by atoms with van der Waals surface area (Å²) in [5, 5.41) is 15.7. The molecular weight excluding hydrogens is 354 g/mol. The minimum atomic E-state index is 0. The molecule has 1 saturated heterocycles. The van der Waals surface area contributed by atoms with Crippen LogP contribution in [0.25, 0.3) is 0 Å². The van der Waals surface area contributed by atoms with Crippen LogP contribution in [0.4, 0.5) is 11.4 Å². The Bertz CT molecular complexity index is 804. The summed E-state index contributed by atoms with van der Waals surface area (Å²) in [6.45, 7) is 4.12. The number of allylic oxidation sites excluding steroid dienone is 1. The molecule has 26 heavy (non-hydrogen) atoms. The van der Waals surface area contributed by atoms with Gasteiger partial charge in [-0.2, -0.15) is 10.4 Å². The molecule has 3 heterocycles. The minimum Gasteiger partial charge on any atom is -0.383 e. The Morgan fingerprint density at radius 2 is 1.77 bits per heavy atom. The fraction of sp³-hybridized carbons (Fsp3) is 0.333. The molecule has 0 atom stereocenters. The van der Waals surface area contributed by atoms with Crippen molar-refractivity contribution in [3.05, 3.63) is 47.3 Å². The Balaban J connectivity index is 0.00000196. The predicted octanol–water partition coefficient (Wildman–Crippen LogP) is 1.77. The minimum absolute atomic E-state index is 0. The molecule has 2 N–H and O–H groups in total. The first kappa shape index (κ1) is 18.3. The lowest BCUT2D eigenvalue weighted by atomic mass is 9.99. The first-order valence-corrected chi connectivity index (χ1v) is 8.27. The molecule has 3 aliphatic rings. The number of anilines is 2. The second-order valence-corrected chi connectivity index (χ2v) is 5.98. The second kappa shape index (κ2) is 7.79. The van der Waals surface area contributed by atoms with E-state index in [1.54, 1.807) is 5.01 Å². The number of morpholine rings is 1. The number of rotatable bonds is 2. The van der Waals surface area contributed by atoms with Crippen molar-refractivity contribution in [2.75, 3.05) is 49.4 Å². The number of benzene rings is 1. The number of hydrazone groups is 1. The molecule has 7 nitrogen and oxygen atoms in total. The summed E-state index contributed by atoms with van der Waals surface area (Å²) in [5.74, 6) is 0.346. The maximum Gasteiger partial charge on any atom is 0.144 e. The maximum atomic E-state index is 9.51. The zero-order valence-electron chi connectivity index (χ0n) is 14.2. The van der Waals surface area contributed by atoms with Crippen molar-refractivity contribution in [2.45, 2.75) is 0 Å². The number of hydrogen-bond acceptors (Lipinski definition) is 7. The van der Waals surface area contributed by atoms with Gasteiger partial charge in [0.1, 0.15) is 17.5 Å². The zero-order valence-corrected chi connectivity index (χ0v) is 15.0. The standard InChI is InChI=1S/C18H19N5O2.ClH/c19-11-16-15-5-8-25-12-17(15)21-23(18(16)20)14-3-1-13(2-4-14)22-6-9-24-10-7-22;/h1-5H,6-10,12,20H2;1H. The highest BCUT2D eigenvalue weighted by molar-refractivity contribution is 6.08. The average Bonchev–Trinajstić information content (AvgIpc) is 2.68. The van der Waals surface area contributed by atoms with Gasteiger partial charge < -0.3 is 20.1 Å². The van der Waals surface area contributed by atoms with Gasteiger partial charge in [-0.1, -0.05) is 0 Å². The topological polar surface area (TPSA) is 87.1 Å². The number of nitrogens with zero attached hydrogens (tertiary/aromatic N) is 4. The van der Waals surface area contributed by atoms with Gasteiger partial charge in [0.05, 0.1) is 37.8 Å². The van der Waals surface area contributed by atoms with Crippen LogP contribution in [0.5, 0.6) is 0 Å². The lowest BCUT2D eigenvalue weighted by Gasteiger charge is -2.31. The third-order valence-corrected chi connectivity index (χ3v) is 4.51. The molecule has 0 spiro atoms. The Kier molecular flexibility index (Phi) is 5.47. The van der Waals surface area contributed by atoms with E-state index in [1.165, 1.54) is 0 Å². The Morgan fingerprint density at radius 1 is 1.08 bits per heavy atom. The summed E-state index contributed by atoms with van der Waals surface area (Å²) >= 11 is 0. The van der Waals surface area contributed by atoms with Crippen LogP contribution in [-0.2, 0) is 9.47 Å². The van der Waals surface area contributed by atoms with Crippen LogP contribution in [-0.4, -0.2) is 45.2 Å². The smallest absolute Gasteiger partial charge is 0.144 e. The van der Waals surface area contributed by atoms with E-state index in [4.69, 9.17) is 15.2 Å². The van der Waals surface area contributed by atoms with Gasteiger partial charge >= 0.3 is 0 Å². The largest absolute Gasteiger partial charge is 0.383 e. The highest BCUT2D eigenvalue weighted by Crippen LogP contribution is 2.30. The van der Waals surface area contributed by atoms with Crippen molar-refractivity contribution in [2.24, 2.45) is 10.8 Å². The van der Waals surface area contributed by atoms with Gasteiger partial charge in [0.15, 0.2) is 0 Å². The van der Waals surface area contributed by atoms with E-state index in [2.05, 4.69) is 16.1 Å². The molecule has 0 aliphatic carbocycles. The van der Waals surface area contributed by atoms with E-state index in [0.717, 1.165) is 49.0 Å². The summed E-state index contributed by atoms with van der Waals surface area (Å²) in [6.07, 6.45) is 1.85. The average molecular weight is 374 g/mol. The maximum absolute atomic E-state index is 9.51. The zero-order chi connectivity index (χ0) is 17.2. The number of fused-ring (bicyclic) bond motifs is 1. The molecule has 0 aromatic heterocycles. The van der Waals surface area contributed by atoms with Crippen LogP contribution in [0.3, 0.4) is 0 Å². The molecule has 0 amide bonds. The highest BCUT2D eigenvalue weighted by Gasteiger charge is 2.28. The van der Waals surface area contributed by atoms with Gasteiger partial charge in [-0.3, -0.25) is 0 Å². The SMILES string of the molecule is Cl.N#CC1=C(N)N(c2ccc(N3CCOCC3)cc2)N=C2COCC=C21. The molecule has 0 bridgehead atoms. The lowest BCUT2D eigenvalue weighted by molar-refractivity contribution is 0.122. The van der Waals surface area contributed by atoms with Crippen LogP contribution in [0.15, 0.2) is 52.4 Å². The van der Waals surface area contributed by atoms with Gasteiger partial charge in [-0.25, -0.2) is 5.01 Å². The molecule has 8 heteroatoms. The molecule has 1 aromatic rings. The normalized spacial score (nSPS) is 19.8. The third kappa shape index (κ3) is 3.27. The Morgan fingerprint density at radius 3 is 2.46 bits per heavy atom. The van der Waals surface area contributed by atoms with Crippen LogP contribution in [0.2, 0.25) is 0 Å². The number of hydrogen-bond donors (Lipinski definition) is 1. The van der Waals surface area contributed by atoms with Crippen molar-refractivity contribution in [3.8, 4) is 6.07 Å². The van der Waals surface area contributed by atoms with Gasteiger partial charge in [-0.05, 0) is 30.3 Å². The van der Waals surface area contributed by atoms with E-state index in [0.29, 0.717) is 24.6 Å². The van der Waals surface area contributed by atoms with Crippen molar-refractivity contribution in [3.63, 3.8) is 0 Å². The van der Waals surface area contributed by atoms with Crippen LogP contribution < -0.4 is 15.6 Å². The first-order chi connectivity index (χ1) is 12.3. The number of ether oxygens (including phenoxy) is 2. The molecule has 0 unspecified atom stereocenters. The molecular formula is C18H20ClN5O2. The van der Waals surface area contributed by atoms with E-state index in [1.807, 2.05) is 30.3 Å². The van der Waals surface area contributed by atoms with Crippen molar-refractivity contribution >= 4 is 29.5 Å². The fourth-order valence-electron chi connectivity index (χ4n) is 3.18. The van der Waals surface area contributed by atoms with E-state index in [-0.39, 0.29) is 12.4 Å². The molecule has 0 radical (unpaired) electrons. The molecule has 1 aromatic carbocycles. The van der Waals surface area contributed by atoms with Crippen molar-refractivity contribution in [1.29, 1.82) is 5.26 Å². The molecule has 3 aliphatic heterocycles. The fourth-order valence-corrected chi connectivity index (χ4v) is 3.18. The Labute approximate surface area is 158 Å². The quantitative estimate of drug-likeness (QED) is 0.850. The van der Waals surface area contributed by atoms with Crippen LogP contribution in [0, 0.1) is 11.3 Å². The summed E-state index contributed by atoms with van der Waals surface area (Å²) < 4.78 is 10.8. The lowest BCUT2D eigenvalue weighted by Crippen LogP contribution is -2.36. The van der Waals surface area contributed by atoms with Gasteiger partial charge in [0.25, 0.3) is 0 Å². The highest BCUT2D eigenvalue weighted by atomic mass is 35.5. The van der Waals surface area contributed by atoms with Crippen LogP contribution >= 0.6 is 12.4 Å². The predicted molar refractivity (Wildman–Crippen MR) is 102 cm³/mol. The summed E-state index contributed by atoms with van der Waals surface area (Å²) in [6, 6.07) is 10.2. The van der Waals surface area contributed by atoms with Gasteiger partial charge in [0, 0.05) is 24.4 Å². The Hall–Kier alpha value is -2.53. The molecule has 136 valence electrons. The summed E-state index contributed by atoms with van der Waals surface area (Å²) in [7, 11) is 0. The van der Waals surface area contributed by atoms with E-state index < -0.39 is 0 Å². The monoisotopic (exact) mass is 373 g/mol. The van der Waals surface area contributed by atoms with Crippen LogP contribution in [0.1, 0.15) is 0 Å². The number of halogens is 1.